The van der Waals surface area contributed by atoms with Gasteiger partial charge in [-0.25, -0.2) is 0 Å². The Morgan fingerprint density at radius 1 is 1.08 bits per heavy atom. The van der Waals surface area contributed by atoms with Crippen LogP contribution in [0.3, 0.4) is 0 Å². The van der Waals surface area contributed by atoms with E-state index in [-0.39, 0.29) is 0 Å². The van der Waals surface area contributed by atoms with Gasteiger partial charge in [0.05, 0.1) is 0 Å². The molecular weight excluding hydrogens is 146 g/mol. The second kappa shape index (κ2) is 2.37. The number of hydrogen-bond donors (Lipinski definition) is 1. The third-order valence-corrected chi connectivity index (χ3v) is 2.57. The molecule has 1 aromatic heterocycles. The molecule has 0 amide bonds. The van der Waals surface area contributed by atoms with Crippen molar-refractivity contribution < 1.29 is 0 Å². The number of nitrogens with one attached hydrogen (secondary N) is 1. The Balaban J connectivity index is 2.97. The van der Waals surface area contributed by atoms with Crippen molar-refractivity contribution in [2.75, 3.05) is 0 Å². The lowest BCUT2D eigenvalue weighted by molar-refractivity contribution is 1.32. The van der Waals surface area contributed by atoms with Gasteiger partial charge >= 0.3 is 0 Å². The second-order valence-corrected chi connectivity index (χ2v) is 3.40. The van der Waals surface area contributed by atoms with Crippen molar-refractivity contribution in [2.24, 2.45) is 0 Å². The molecular formula is C11H13N. The van der Waals surface area contributed by atoms with Crippen LogP contribution in [0.25, 0.3) is 10.9 Å². The highest BCUT2D eigenvalue weighted by Crippen LogP contribution is 2.23. The van der Waals surface area contributed by atoms with Crippen molar-refractivity contribution in [1.29, 1.82) is 0 Å². The molecule has 0 unspecified atom stereocenters. The van der Waals surface area contributed by atoms with Gasteiger partial charge in [0, 0.05) is 17.1 Å². The van der Waals surface area contributed by atoms with E-state index in [1.165, 1.54) is 27.6 Å². The minimum absolute atomic E-state index is 1.28. The van der Waals surface area contributed by atoms with Crippen molar-refractivity contribution in [1.82, 2.24) is 4.98 Å². The lowest BCUT2D eigenvalue weighted by Gasteiger charge is -2.04. The van der Waals surface area contributed by atoms with Crippen LogP contribution in [0.5, 0.6) is 0 Å². The van der Waals surface area contributed by atoms with Gasteiger partial charge in [-0.2, -0.15) is 0 Å². The van der Waals surface area contributed by atoms with Crippen molar-refractivity contribution in [3.63, 3.8) is 0 Å². The smallest absolute Gasteiger partial charge is 0.0488 e. The first-order valence-corrected chi connectivity index (χ1v) is 4.24. The third-order valence-electron chi connectivity index (χ3n) is 2.57. The van der Waals surface area contributed by atoms with E-state index in [4.69, 9.17) is 0 Å². The molecule has 1 N–H and O–H groups in total. The van der Waals surface area contributed by atoms with Gasteiger partial charge in [-0.3, -0.25) is 0 Å². The lowest BCUT2D eigenvalue weighted by atomic mass is 10.0. The van der Waals surface area contributed by atoms with Gasteiger partial charge in [0.25, 0.3) is 0 Å². The zero-order valence-electron chi connectivity index (χ0n) is 7.73. The fraction of sp³-hybridized carbons (Fsp3) is 0.273. The molecule has 0 fully saturated rings. The van der Waals surface area contributed by atoms with Crippen LogP contribution < -0.4 is 0 Å². The number of aromatic amines is 1. The SMILES string of the molecule is Cc1cc(C)c2cc[nH]c2c1C. The molecule has 0 saturated carbocycles. The Hall–Kier alpha value is -1.24. The fourth-order valence-electron chi connectivity index (χ4n) is 1.72. The Labute approximate surface area is 72.4 Å². The van der Waals surface area contributed by atoms with Crippen LogP contribution in [-0.4, -0.2) is 4.98 Å². The number of fused-ring (bicyclic) bond motifs is 1. The predicted molar refractivity (Wildman–Crippen MR) is 52.5 cm³/mol. The Morgan fingerprint density at radius 3 is 2.58 bits per heavy atom. The second-order valence-electron chi connectivity index (χ2n) is 3.40. The van der Waals surface area contributed by atoms with Gasteiger partial charge in [0.1, 0.15) is 0 Å². The number of benzene rings is 1. The first kappa shape index (κ1) is 7.41. The van der Waals surface area contributed by atoms with Crippen LogP contribution in [0.15, 0.2) is 18.3 Å². The molecule has 1 aromatic carbocycles. The highest BCUT2D eigenvalue weighted by Gasteiger charge is 2.03. The van der Waals surface area contributed by atoms with Crippen molar-refractivity contribution in [3.05, 3.63) is 35.0 Å². The molecule has 1 nitrogen and oxygen atoms in total. The first-order valence-electron chi connectivity index (χ1n) is 4.24. The number of hydrogen-bond acceptors (Lipinski definition) is 0. The highest BCUT2D eigenvalue weighted by molar-refractivity contribution is 5.86. The molecule has 2 aromatic rings. The molecule has 12 heavy (non-hydrogen) atoms. The summed E-state index contributed by atoms with van der Waals surface area (Å²) < 4.78 is 0. The zero-order chi connectivity index (χ0) is 8.72. The maximum absolute atomic E-state index is 3.27. The maximum atomic E-state index is 3.27. The summed E-state index contributed by atoms with van der Waals surface area (Å²) in [5.74, 6) is 0. The van der Waals surface area contributed by atoms with E-state index in [2.05, 4.69) is 37.9 Å². The number of H-pyrrole nitrogens is 1. The topological polar surface area (TPSA) is 15.8 Å². The van der Waals surface area contributed by atoms with Crippen molar-refractivity contribution in [2.45, 2.75) is 20.8 Å². The standard InChI is InChI=1S/C11H13N/c1-7-6-8(2)10-4-5-12-11(10)9(7)3/h4-6,12H,1-3H3. The summed E-state index contributed by atoms with van der Waals surface area (Å²) >= 11 is 0. The van der Waals surface area contributed by atoms with Gasteiger partial charge in [-0.05, 0) is 43.5 Å². The molecule has 62 valence electrons. The summed E-state index contributed by atoms with van der Waals surface area (Å²) in [5, 5.41) is 1.35. The van der Waals surface area contributed by atoms with E-state index >= 15 is 0 Å². The van der Waals surface area contributed by atoms with Crippen LogP contribution >= 0.6 is 0 Å². The normalized spacial score (nSPS) is 10.9. The van der Waals surface area contributed by atoms with Crippen LogP contribution in [0, 0.1) is 20.8 Å². The molecule has 0 aliphatic rings. The first-order chi connectivity index (χ1) is 5.70. The molecule has 0 saturated heterocycles. The van der Waals surface area contributed by atoms with E-state index in [0.717, 1.165) is 0 Å². The molecule has 0 aliphatic heterocycles. The van der Waals surface area contributed by atoms with E-state index < -0.39 is 0 Å². The van der Waals surface area contributed by atoms with Crippen LogP contribution in [-0.2, 0) is 0 Å². The number of aromatic nitrogens is 1. The zero-order valence-corrected chi connectivity index (χ0v) is 7.73. The van der Waals surface area contributed by atoms with Crippen LogP contribution in [0.1, 0.15) is 16.7 Å². The average molecular weight is 159 g/mol. The molecule has 0 atom stereocenters. The summed E-state index contributed by atoms with van der Waals surface area (Å²) in [4.78, 5) is 3.27. The Kier molecular flexibility index (Phi) is 1.47. The van der Waals surface area contributed by atoms with Crippen molar-refractivity contribution in [3.8, 4) is 0 Å². The van der Waals surface area contributed by atoms with Gasteiger partial charge in [0.2, 0.25) is 0 Å². The summed E-state index contributed by atoms with van der Waals surface area (Å²) in [6.07, 6.45) is 2.00. The van der Waals surface area contributed by atoms with Gasteiger partial charge in [0.15, 0.2) is 0 Å². The highest BCUT2D eigenvalue weighted by atomic mass is 14.7. The van der Waals surface area contributed by atoms with Crippen LogP contribution in [0.4, 0.5) is 0 Å². The molecule has 0 radical (unpaired) electrons. The third kappa shape index (κ3) is 0.860. The molecule has 0 spiro atoms. The molecule has 1 heteroatoms. The van der Waals surface area contributed by atoms with E-state index in [1.54, 1.807) is 0 Å². The Morgan fingerprint density at radius 2 is 1.83 bits per heavy atom. The molecule has 0 aliphatic carbocycles. The average Bonchev–Trinajstić information content (AvgIpc) is 2.48. The fourth-order valence-corrected chi connectivity index (χ4v) is 1.72. The minimum Gasteiger partial charge on any atom is -0.361 e. The van der Waals surface area contributed by atoms with Gasteiger partial charge < -0.3 is 4.98 Å². The minimum atomic E-state index is 1.28. The van der Waals surface area contributed by atoms with Crippen molar-refractivity contribution >= 4 is 10.9 Å². The quantitative estimate of drug-likeness (QED) is 0.608. The number of aryl methyl sites for hydroxylation is 3. The molecule has 2 rings (SSSR count). The van der Waals surface area contributed by atoms with E-state index in [1.807, 2.05) is 6.20 Å². The van der Waals surface area contributed by atoms with Crippen LogP contribution in [0.2, 0.25) is 0 Å². The lowest BCUT2D eigenvalue weighted by Crippen LogP contribution is -1.85. The predicted octanol–water partition coefficient (Wildman–Crippen LogP) is 3.09. The summed E-state index contributed by atoms with van der Waals surface area (Å²) in [5.41, 5.74) is 5.37. The monoisotopic (exact) mass is 159 g/mol. The van der Waals surface area contributed by atoms with E-state index in [9.17, 15) is 0 Å². The molecule has 1 heterocycles. The van der Waals surface area contributed by atoms with Gasteiger partial charge in [-0.1, -0.05) is 6.07 Å². The Bertz CT molecular complexity index is 424. The molecule has 0 bridgehead atoms. The summed E-state index contributed by atoms with van der Waals surface area (Å²) in [7, 11) is 0. The van der Waals surface area contributed by atoms with Gasteiger partial charge in [-0.15, -0.1) is 0 Å². The summed E-state index contributed by atoms with van der Waals surface area (Å²) in [6.45, 7) is 6.47. The summed E-state index contributed by atoms with van der Waals surface area (Å²) in [6, 6.07) is 4.38. The number of rotatable bonds is 0. The largest absolute Gasteiger partial charge is 0.361 e. The maximum Gasteiger partial charge on any atom is 0.0488 e. The van der Waals surface area contributed by atoms with E-state index in [0.29, 0.717) is 0 Å².